The standard InChI is InChI=1S/C29H29ClN2O4/c1-16-9-8-10-17(2)27(16)31-18(3)13-21(19(31)4)14-23-26(29(34)36-7)20(5)32(28(23)33)22-11-12-25(35-6)24(30)15-22/h8-15H,1-7H3/b23-14-. The minimum atomic E-state index is -0.572. The van der Waals surface area contributed by atoms with E-state index in [1.807, 2.05) is 26.0 Å². The van der Waals surface area contributed by atoms with Crippen LogP contribution in [0.3, 0.4) is 0 Å². The lowest BCUT2D eigenvalue weighted by Crippen LogP contribution is -2.24. The number of hydrogen-bond donors (Lipinski definition) is 0. The molecular formula is C29H29ClN2O4. The van der Waals surface area contributed by atoms with E-state index in [1.54, 1.807) is 31.2 Å². The number of carbonyl (C=O) groups excluding carboxylic acids is 2. The van der Waals surface area contributed by atoms with Crippen LogP contribution in [0.15, 0.2) is 59.3 Å². The maximum absolute atomic E-state index is 13.7. The Labute approximate surface area is 216 Å². The predicted octanol–water partition coefficient (Wildman–Crippen LogP) is 6.25. The summed E-state index contributed by atoms with van der Waals surface area (Å²) in [6, 6.07) is 13.3. The van der Waals surface area contributed by atoms with Crippen LogP contribution < -0.4 is 9.64 Å². The third kappa shape index (κ3) is 4.11. The molecule has 2 heterocycles. The second kappa shape index (κ2) is 9.70. The van der Waals surface area contributed by atoms with Crippen LogP contribution in [-0.4, -0.2) is 30.7 Å². The number of halogens is 1. The van der Waals surface area contributed by atoms with Crippen LogP contribution in [0.25, 0.3) is 11.8 Å². The first kappa shape index (κ1) is 25.3. The van der Waals surface area contributed by atoms with E-state index in [0.717, 1.165) is 33.8 Å². The van der Waals surface area contributed by atoms with Gasteiger partial charge < -0.3 is 14.0 Å². The first-order valence-corrected chi connectivity index (χ1v) is 11.9. The van der Waals surface area contributed by atoms with Crippen LogP contribution in [0.1, 0.15) is 35.0 Å². The summed E-state index contributed by atoms with van der Waals surface area (Å²) in [5.41, 5.74) is 7.78. The number of hydrogen-bond acceptors (Lipinski definition) is 4. The molecular weight excluding hydrogens is 476 g/mol. The fourth-order valence-corrected chi connectivity index (χ4v) is 5.13. The van der Waals surface area contributed by atoms with Crippen molar-refractivity contribution in [2.45, 2.75) is 34.6 Å². The molecule has 0 saturated heterocycles. The zero-order valence-corrected chi connectivity index (χ0v) is 22.3. The van der Waals surface area contributed by atoms with Gasteiger partial charge in [-0.05, 0) is 81.7 Å². The summed E-state index contributed by atoms with van der Waals surface area (Å²) in [4.78, 5) is 28.0. The molecule has 3 aromatic rings. The van der Waals surface area contributed by atoms with Gasteiger partial charge in [-0.25, -0.2) is 4.79 Å². The Morgan fingerprint density at radius 1 is 0.972 bits per heavy atom. The smallest absolute Gasteiger partial charge is 0.340 e. The number of ether oxygens (including phenoxy) is 2. The number of anilines is 1. The van der Waals surface area contributed by atoms with E-state index in [1.165, 1.54) is 19.1 Å². The van der Waals surface area contributed by atoms with Crippen LogP contribution in [0.2, 0.25) is 5.02 Å². The van der Waals surface area contributed by atoms with Crippen molar-refractivity contribution < 1.29 is 19.1 Å². The third-order valence-corrected chi connectivity index (χ3v) is 6.91. The number of allylic oxidation sites excluding steroid dienone is 1. The van der Waals surface area contributed by atoms with E-state index in [0.29, 0.717) is 22.2 Å². The molecule has 2 aromatic carbocycles. The summed E-state index contributed by atoms with van der Waals surface area (Å²) in [7, 11) is 2.84. The summed E-state index contributed by atoms with van der Waals surface area (Å²) in [5.74, 6) is -0.402. The topological polar surface area (TPSA) is 60.8 Å². The number of rotatable bonds is 5. The molecule has 4 rings (SSSR count). The van der Waals surface area contributed by atoms with Gasteiger partial charge in [0, 0.05) is 17.1 Å². The van der Waals surface area contributed by atoms with E-state index >= 15 is 0 Å². The highest BCUT2D eigenvalue weighted by molar-refractivity contribution is 6.32. The molecule has 0 spiro atoms. The number of aromatic nitrogens is 1. The second-order valence-electron chi connectivity index (χ2n) is 8.87. The summed E-state index contributed by atoms with van der Waals surface area (Å²) in [6.07, 6.45) is 1.77. The molecule has 0 aliphatic carbocycles. The Bertz CT molecular complexity index is 1440. The third-order valence-electron chi connectivity index (χ3n) is 6.62. The van der Waals surface area contributed by atoms with Crippen LogP contribution in [0, 0.1) is 27.7 Å². The van der Waals surface area contributed by atoms with Gasteiger partial charge in [-0.15, -0.1) is 0 Å². The van der Waals surface area contributed by atoms with Gasteiger partial charge in [-0.1, -0.05) is 29.8 Å². The lowest BCUT2D eigenvalue weighted by molar-refractivity contribution is -0.136. The molecule has 1 amide bonds. The average Bonchev–Trinajstić information content (AvgIpc) is 3.25. The second-order valence-corrected chi connectivity index (χ2v) is 9.28. The molecule has 36 heavy (non-hydrogen) atoms. The van der Waals surface area contributed by atoms with Crippen molar-refractivity contribution in [1.82, 2.24) is 4.57 Å². The normalized spacial score (nSPS) is 14.7. The Hall–Kier alpha value is -3.77. The van der Waals surface area contributed by atoms with E-state index < -0.39 is 5.97 Å². The Kier molecular flexibility index (Phi) is 6.83. The number of esters is 1. The summed E-state index contributed by atoms with van der Waals surface area (Å²) in [5, 5.41) is 0.366. The van der Waals surface area contributed by atoms with Gasteiger partial charge in [0.25, 0.3) is 5.91 Å². The fourth-order valence-electron chi connectivity index (χ4n) is 4.88. The first-order valence-electron chi connectivity index (χ1n) is 11.6. The molecule has 0 saturated carbocycles. The monoisotopic (exact) mass is 504 g/mol. The number of nitrogens with zero attached hydrogens (tertiary/aromatic N) is 2. The first-order chi connectivity index (χ1) is 17.1. The lowest BCUT2D eigenvalue weighted by atomic mass is 10.0. The van der Waals surface area contributed by atoms with E-state index in [9.17, 15) is 9.59 Å². The highest BCUT2D eigenvalue weighted by Crippen LogP contribution is 2.39. The Balaban J connectivity index is 1.87. The molecule has 0 fully saturated rings. The highest BCUT2D eigenvalue weighted by Gasteiger charge is 2.38. The number of methoxy groups -OCH3 is 2. The number of para-hydroxylation sites is 1. The molecule has 7 heteroatoms. The summed E-state index contributed by atoms with van der Waals surface area (Å²) >= 11 is 6.33. The summed E-state index contributed by atoms with van der Waals surface area (Å²) < 4.78 is 12.5. The number of carbonyl (C=O) groups is 2. The molecule has 6 nitrogen and oxygen atoms in total. The molecule has 1 aliphatic heterocycles. The number of aryl methyl sites for hydroxylation is 3. The van der Waals surface area contributed by atoms with Crippen LogP contribution >= 0.6 is 11.6 Å². The molecule has 1 aromatic heterocycles. The van der Waals surface area contributed by atoms with Crippen molar-refractivity contribution in [1.29, 1.82) is 0 Å². The van der Waals surface area contributed by atoms with E-state index in [4.69, 9.17) is 21.1 Å². The van der Waals surface area contributed by atoms with Crippen LogP contribution in [0.5, 0.6) is 5.75 Å². The van der Waals surface area contributed by atoms with E-state index in [-0.39, 0.29) is 17.1 Å². The zero-order chi connectivity index (χ0) is 26.3. The minimum Gasteiger partial charge on any atom is -0.495 e. The summed E-state index contributed by atoms with van der Waals surface area (Å²) in [6.45, 7) is 9.94. The van der Waals surface area contributed by atoms with Crippen molar-refractivity contribution in [3.63, 3.8) is 0 Å². The van der Waals surface area contributed by atoms with Crippen molar-refractivity contribution in [3.05, 3.63) is 92.4 Å². The van der Waals surface area contributed by atoms with E-state index in [2.05, 4.69) is 30.5 Å². The zero-order valence-electron chi connectivity index (χ0n) is 21.5. The van der Waals surface area contributed by atoms with Gasteiger partial charge in [0.1, 0.15) is 5.75 Å². The van der Waals surface area contributed by atoms with Gasteiger partial charge in [-0.3, -0.25) is 9.69 Å². The molecule has 0 bridgehead atoms. The fraction of sp³-hybridized carbons (Fsp3) is 0.241. The molecule has 0 N–H and O–H groups in total. The molecule has 0 unspecified atom stereocenters. The van der Waals surface area contributed by atoms with Crippen LogP contribution in [-0.2, 0) is 14.3 Å². The number of amides is 1. The highest BCUT2D eigenvalue weighted by atomic mass is 35.5. The number of benzene rings is 2. The quantitative estimate of drug-likeness (QED) is 0.304. The molecule has 186 valence electrons. The van der Waals surface area contributed by atoms with Gasteiger partial charge in [-0.2, -0.15) is 0 Å². The maximum Gasteiger partial charge on any atom is 0.340 e. The minimum absolute atomic E-state index is 0.228. The van der Waals surface area contributed by atoms with Crippen LogP contribution in [0.4, 0.5) is 5.69 Å². The maximum atomic E-state index is 13.7. The van der Waals surface area contributed by atoms with Crippen molar-refractivity contribution in [2.24, 2.45) is 0 Å². The Morgan fingerprint density at radius 3 is 2.22 bits per heavy atom. The SMILES string of the molecule is COC(=O)C1=C(C)N(c2ccc(OC)c(Cl)c2)C(=O)/C1=C\c1cc(C)n(-c2c(C)cccc2C)c1C. The predicted molar refractivity (Wildman–Crippen MR) is 143 cm³/mol. The van der Waals surface area contributed by atoms with Crippen molar-refractivity contribution >= 4 is 35.2 Å². The molecule has 0 atom stereocenters. The average molecular weight is 505 g/mol. The van der Waals surface area contributed by atoms with Gasteiger partial charge in [0.05, 0.1) is 41.8 Å². The largest absolute Gasteiger partial charge is 0.495 e. The Morgan fingerprint density at radius 2 is 1.64 bits per heavy atom. The van der Waals surface area contributed by atoms with Crippen molar-refractivity contribution in [2.75, 3.05) is 19.1 Å². The molecule has 1 aliphatic rings. The van der Waals surface area contributed by atoms with Gasteiger partial charge in [0.15, 0.2) is 0 Å². The van der Waals surface area contributed by atoms with Gasteiger partial charge >= 0.3 is 5.97 Å². The van der Waals surface area contributed by atoms with Gasteiger partial charge in [0.2, 0.25) is 0 Å². The lowest BCUT2D eigenvalue weighted by Gasteiger charge is -2.19. The molecule has 0 radical (unpaired) electrons. The van der Waals surface area contributed by atoms with Crippen molar-refractivity contribution in [3.8, 4) is 11.4 Å².